The number of unbranched alkanes of at least 4 members (excludes halogenated alkanes) is 1. The van der Waals surface area contributed by atoms with E-state index in [4.69, 9.17) is 10.5 Å². The molecule has 0 saturated heterocycles. The number of sulfone groups is 1. The minimum absolute atomic E-state index is 0.235. The summed E-state index contributed by atoms with van der Waals surface area (Å²) >= 11 is 0. The summed E-state index contributed by atoms with van der Waals surface area (Å²) in [5, 5.41) is -1.09. The van der Waals surface area contributed by atoms with Crippen molar-refractivity contribution in [1.29, 1.82) is 0 Å². The Hall–Kier alpha value is -1.85. The molecule has 0 radical (unpaired) electrons. The van der Waals surface area contributed by atoms with Crippen molar-refractivity contribution < 1.29 is 13.2 Å². The second kappa shape index (κ2) is 7.62. The van der Waals surface area contributed by atoms with E-state index in [-0.39, 0.29) is 4.90 Å². The molecule has 23 heavy (non-hydrogen) atoms. The van der Waals surface area contributed by atoms with Gasteiger partial charge in [0.1, 0.15) is 11.1 Å². The van der Waals surface area contributed by atoms with E-state index in [9.17, 15) is 8.42 Å². The molecule has 2 aromatic carbocycles. The molecule has 0 aromatic heterocycles. The Kier molecular flexibility index (Phi) is 5.80. The Labute approximate surface area is 138 Å². The van der Waals surface area contributed by atoms with E-state index in [0.29, 0.717) is 12.2 Å². The Balaban J connectivity index is 2.15. The molecule has 2 aromatic rings. The highest BCUT2D eigenvalue weighted by Gasteiger charge is 2.25. The van der Waals surface area contributed by atoms with Crippen LogP contribution in [0.3, 0.4) is 0 Å². The number of nitrogens with two attached hydrogens (primary N) is 1. The molecule has 1 atom stereocenters. The zero-order valence-electron chi connectivity index (χ0n) is 13.5. The quantitative estimate of drug-likeness (QED) is 0.786. The molecule has 2 rings (SSSR count). The summed E-state index contributed by atoms with van der Waals surface area (Å²) in [4.78, 5) is 0.235. The van der Waals surface area contributed by atoms with Crippen molar-refractivity contribution in [3.05, 3.63) is 59.7 Å². The zero-order chi connectivity index (χ0) is 16.9. The molecule has 1 unspecified atom stereocenters. The number of aryl methyl sites for hydroxylation is 1. The van der Waals surface area contributed by atoms with E-state index in [1.54, 1.807) is 48.5 Å². The first kappa shape index (κ1) is 17.5. The Morgan fingerprint density at radius 3 is 2.22 bits per heavy atom. The average molecular weight is 333 g/mol. The fourth-order valence-corrected chi connectivity index (χ4v) is 3.47. The van der Waals surface area contributed by atoms with Gasteiger partial charge in [0.05, 0.1) is 11.5 Å². The molecule has 5 heteroatoms. The lowest BCUT2D eigenvalue weighted by Gasteiger charge is -2.14. The van der Waals surface area contributed by atoms with E-state index < -0.39 is 15.2 Å². The number of benzene rings is 2. The lowest BCUT2D eigenvalue weighted by atomic mass is 10.2. The van der Waals surface area contributed by atoms with Crippen molar-refractivity contribution in [3.8, 4) is 5.75 Å². The van der Waals surface area contributed by atoms with Gasteiger partial charge in [0.2, 0.25) is 0 Å². The van der Waals surface area contributed by atoms with Crippen molar-refractivity contribution in [1.82, 2.24) is 0 Å². The third-order valence-electron chi connectivity index (χ3n) is 3.66. The monoisotopic (exact) mass is 333 g/mol. The van der Waals surface area contributed by atoms with E-state index in [0.717, 1.165) is 24.2 Å². The number of rotatable bonds is 7. The highest BCUT2D eigenvalue weighted by atomic mass is 32.2. The van der Waals surface area contributed by atoms with Gasteiger partial charge in [0.15, 0.2) is 9.84 Å². The molecule has 4 nitrogen and oxygen atoms in total. The summed E-state index contributed by atoms with van der Waals surface area (Å²) in [6, 6.07) is 13.6. The first-order valence-electron chi connectivity index (χ1n) is 7.74. The largest absolute Gasteiger partial charge is 0.494 e. The van der Waals surface area contributed by atoms with Crippen LogP contribution in [0.1, 0.15) is 36.3 Å². The summed E-state index contributed by atoms with van der Waals surface area (Å²) in [7, 11) is -3.61. The second-order valence-electron chi connectivity index (χ2n) is 5.55. The normalized spacial score (nSPS) is 12.8. The molecule has 0 fully saturated rings. The van der Waals surface area contributed by atoms with Crippen molar-refractivity contribution in [3.63, 3.8) is 0 Å². The smallest absolute Gasteiger partial charge is 0.198 e. The Bertz CT molecular complexity index is 722. The van der Waals surface area contributed by atoms with Crippen molar-refractivity contribution in [2.45, 2.75) is 37.0 Å². The van der Waals surface area contributed by atoms with Crippen molar-refractivity contribution >= 4 is 9.84 Å². The van der Waals surface area contributed by atoms with Crippen LogP contribution in [0, 0.1) is 6.92 Å². The maximum atomic E-state index is 12.6. The lowest BCUT2D eigenvalue weighted by molar-refractivity contribution is 0.309. The SMILES string of the molecule is CCCCOc1ccc(C(N)S(=O)(=O)c2ccc(C)cc2)cc1. The van der Waals surface area contributed by atoms with Gasteiger partial charge in [-0.1, -0.05) is 43.2 Å². The molecule has 0 spiro atoms. The molecule has 0 saturated carbocycles. The second-order valence-corrected chi connectivity index (χ2v) is 7.62. The minimum Gasteiger partial charge on any atom is -0.494 e. The van der Waals surface area contributed by atoms with Crippen molar-refractivity contribution in [2.24, 2.45) is 5.73 Å². The molecular weight excluding hydrogens is 310 g/mol. The molecular formula is C18H23NO3S. The molecule has 0 aliphatic heterocycles. The molecule has 2 N–H and O–H groups in total. The summed E-state index contributed by atoms with van der Waals surface area (Å²) in [5.41, 5.74) is 7.54. The van der Waals surface area contributed by atoms with E-state index in [1.165, 1.54) is 0 Å². The van der Waals surface area contributed by atoms with Crippen LogP contribution in [0.2, 0.25) is 0 Å². The van der Waals surface area contributed by atoms with E-state index in [2.05, 4.69) is 6.92 Å². The zero-order valence-corrected chi connectivity index (χ0v) is 14.3. The molecule has 0 bridgehead atoms. The van der Waals surface area contributed by atoms with Gasteiger partial charge in [-0.05, 0) is 43.2 Å². The van der Waals surface area contributed by atoms with Gasteiger partial charge in [-0.15, -0.1) is 0 Å². The van der Waals surface area contributed by atoms with Crippen LogP contribution in [-0.2, 0) is 9.84 Å². The standard InChI is InChI=1S/C18H23NO3S/c1-3-4-13-22-16-9-7-15(8-10-16)18(19)23(20,21)17-11-5-14(2)6-12-17/h5-12,18H,3-4,13,19H2,1-2H3. The highest BCUT2D eigenvalue weighted by molar-refractivity contribution is 7.91. The van der Waals surface area contributed by atoms with Gasteiger partial charge in [-0.25, -0.2) is 8.42 Å². The Morgan fingerprint density at radius 1 is 1.04 bits per heavy atom. The maximum absolute atomic E-state index is 12.6. The van der Waals surface area contributed by atoms with Crippen LogP contribution in [0.4, 0.5) is 0 Å². The predicted molar refractivity (Wildman–Crippen MR) is 92.1 cm³/mol. The molecule has 0 amide bonds. The fourth-order valence-electron chi connectivity index (χ4n) is 2.14. The molecule has 124 valence electrons. The summed E-state index contributed by atoms with van der Waals surface area (Å²) < 4.78 is 30.7. The lowest BCUT2D eigenvalue weighted by Crippen LogP contribution is -2.22. The van der Waals surface area contributed by atoms with Gasteiger partial charge in [0, 0.05) is 0 Å². The minimum atomic E-state index is -3.61. The molecule has 0 aliphatic rings. The fraction of sp³-hybridized carbons (Fsp3) is 0.333. The van der Waals surface area contributed by atoms with Crippen LogP contribution in [0.25, 0.3) is 0 Å². The van der Waals surface area contributed by atoms with Crippen molar-refractivity contribution in [2.75, 3.05) is 6.61 Å². The summed E-state index contributed by atoms with van der Waals surface area (Å²) in [6.45, 7) is 4.67. The van der Waals surface area contributed by atoms with Crippen LogP contribution >= 0.6 is 0 Å². The number of ether oxygens (including phenoxy) is 1. The van der Waals surface area contributed by atoms with E-state index >= 15 is 0 Å². The first-order chi connectivity index (χ1) is 10.9. The van der Waals surface area contributed by atoms with Crippen LogP contribution < -0.4 is 10.5 Å². The van der Waals surface area contributed by atoms with Gasteiger partial charge in [-0.3, -0.25) is 0 Å². The highest BCUT2D eigenvalue weighted by Crippen LogP contribution is 2.26. The number of hydrogen-bond acceptors (Lipinski definition) is 4. The summed E-state index contributed by atoms with van der Waals surface area (Å²) in [5.74, 6) is 0.724. The molecule has 0 aliphatic carbocycles. The maximum Gasteiger partial charge on any atom is 0.198 e. The van der Waals surface area contributed by atoms with Gasteiger partial charge in [-0.2, -0.15) is 0 Å². The third-order valence-corrected chi connectivity index (χ3v) is 5.53. The van der Waals surface area contributed by atoms with E-state index in [1.807, 2.05) is 6.92 Å². The Morgan fingerprint density at radius 2 is 1.65 bits per heavy atom. The van der Waals surface area contributed by atoms with Crippen LogP contribution in [0.5, 0.6) is 5.75 Å². The predicted octanol–water partition coefficient (Wildman–Crippen LogP) is 3.61. The van der Waals surface area contributed by atoms with Gasteiger partial charge >= 0.3 is 0 Å². The topological polar surface area (TPSA) is 69.4 Å². The van der Waals surface area contributed by atoms with Crippen LogP contribution in [-0.4, -0.2) is 15.0 Å². The average Bonchev–Trinajstić information content (AvgIpc) is 2.55. The number of hydrogen-bond donors (Lipinski definition) is 1. The third kappa shape index (κ3) is 4.33. The first-order valence-corrected chi connectivity index (χ1v) is 9.28. The molecule has 0 heterocycles. The van der Waals surface area contributed by atoms with Gasteiger partial charge in [0.25, 0.3) is 0 Å². The summed E-state index contributed by atoms with van der Waals surface area (Å²) in [6.07, 6.45) is 2.06. The van der Waals surface area contributed by atoms with Crippen LogP contribution in [0.15, 0.2) is 53.4 Å². The van der Waals surface area contributed by atoms with Gasteiger partial charge < -0.3 is 10.5 Å².